The van der Waals surface area contributed by atoms with Crippen LogP contribution >= 0.6 is 0 Å². The van der Waals surface area contributed by atoms with Crippen LogP contribution in [0.15, 0.2) is 41.3 Å². The molecule has 0 atom stereocenters. The number of nitrogens with one attached hydrogen (secondary N) is 1. The Hall–Kier alpha value is -2.51. The number of pyridine rings is 2. The first kappa shape index (κ1) is 19.5. The number of benzene rings is 1. The van der Waals surface area contributed by atoms with Gasteiger partial charge in [0.15, 0.2) is 5.65 Å². The van der Waals surface area contributed by atoms with Crippen molar-refractivity contribution in [1.82, 2.24) is 14.7 Å². The fourth-order valence-electron chi connectivity index (χ4n) is 4.65. The second kappa shape index (κ2) is 7.32. The normalized spacial score (nSPS) is 17.1. The summed E-state index contributed by atoms with van der Waals surface area (Å²) in [7, 11) is -3.48. The number of fused-ring (bicyclic) bond motifs is 2. The van der Waals surface area contributed by atoms with E-state index in [9.17, 15) is 8.42 Å². The molecular formula is C23H26N4O2S. The first-order valence-electron chi connectivity index (χ1n) is 10.6. The second-order valence-electron chi connectivity index (χ2n) is 8.40. The number of hydrogen-bond acceptors (Lipinski definition) is 5. The van der Waals surface area contributed by atoms with Crippen molar-refractivity contribution in [1.29, 1.82) is 0 Å². The van der Waals surface area contributed by atoms with E-state index in [2.05, 4.69) is 31.7 Å². The summed E-state index contributed by atoms with van der Waals surface area (Å²) < 4.78 is 28.6. The predicted molar refractivity (Wildman–Crippen MR) is 119 cm³/mol. The molecule has 1 saturated carbocycles. The molecule has 1 aromatic carbocycles. The first-order valence-corrected chi connectivity index (χ1v) is 12.1. The molecule has 5 rings (SSSR count). The van der Waals surface area contributed by atoms with Gasteiger partial charge in [0.1, 0.15) is 0 Å². The summed E-state index contributed by atoms with van der Waals surface area (Å²) in [5.41, 5.74) is 5.80. The zero-order valence-electron chi connectivity index (χ0n) is 17.4. The van der Waals surface area contributed by atoms with Crippen LogP contribution in [0.4, 0.5) is 11.4 Å². The molecule has 1 N–H and O–H groups in total. The van der Waals surface area contributed by atoms with Gasteiger partial charge in [-0.05, 0) is 75.1 Å². The van der Waals surface area contributed by atoms with Crippen molar-refractivity contribution in [3.63, 3.8) is 0 Å². The van der Waals surface area contributed by atoms with Crippen molar-refractivity contribution in [2.75, 3.05) is 11.4 Å². The van der Waals surface area contributed by atoms with Gasteiger partial charge in [-0.3, -0.25) is 0 Å². The second-order valence-corrected chi connectivity index (χ2v) is 10.1. The van der Waals surface area contributed by atoms with Gasteiger partial charge in [0, 0.05) is 35.0 Å². The average molecular weight is 423 g/mol. The summed E-state index contributed by atoms with van der Waals surface area (Å²) in [5.74, 6) is 0. The maximum Gasteiger partial charge on any atom is 0.240 e. The zero-order valence-corrected chi connectivity index (χ0v) is 18.2. The monoisotopic (exact) mass is 422 g/mol. The van der Waals surface area contributed by atoms with Crippen LogP contribution < -0.4 is 9.62 Å². The van der Waals surface area contributed by atoms with E-state index in [0.717, 1.165) is 78.0 Å². The van der Waals surface area contributed by atoms with Gasteiger partial charge in [0.25, 0.3) is 0 Å². The SMILES string of the molecule is Cc1ccc2c(N3CCc4cc(S(=O)(=O)NC5CCCC5)ccc43)cc(C)nc2n1. The number of nitrogens with zero attached hydrogens (tertiary/aromatic N) is 3. The van der Waals surface area contributed by atoms with Crippen LogP contribution in [0.5, 0.6) is 0 Å². The van der Waals surface area contributed by atoms with Gasteiger partial charge < -0.3 is 4.90 Å². The minimum Gasteiger partial charge on any atom is -0.340 e. The van der Waals surface area contributed by atoms with Crippen molar-refractivity contribution in [3.8, 4) is 0 Å². The number of rotatable bonds is 4. The minimum atomic E-state index is -3.48. The van der Waals surface area contributed by atoms with Crippen molar-refractivity contribution in [2.24, 2.45) is 0 Å². The van der Waals surface area contributed by atoms with Gasteiger partial charge in [-0.2, -0.15) is 0 Å². The summed E-state index contributed by atoms with van der Waals surface area (Å²) in [6.45, 7) is 4.76. The van der Waals surface area contributed by atoms with E-state index in [1.807, 2.05) is 32.0 Å². The van der Waals surface area contributed by atoms with Crippen molar-refractivity contribution < 1.29 is 8.42 Å². The van der Waals surface area contributed by atoms with Gasteiger partial charge in [-0.25, -0.2) is 23.1 Å². The maximum absolute atomic E-state index is 12.8. The molecule has 2 aromatic heterocycles. The fraction of sp³-hybridized carbons (Fsp3) is 0.391. The van der Waals surface area contributed by atoms with Gasteiger partial charge in [-0.1, -0.05) is 12.8 Å². The van der Waals surface area contributed by atoms with Crippen LogP contribution in [-0.2, 0) is 16.4 Å². The largest absolute Gasteiger partial charge is 0.340 e. The molecule has 6 nitrogen and oxygen atoms in total. The Morgan fingerprint density at radius 1 is 0.967 bits per heavy atom. The number of hydrogen-bond donors (Lipinski definition) is 1. The van der Waals surface area contributed by atoms with Crippen molar-refractivity contribution in [2.45, 2.75) is 56.9 Å². The standard InChI is InChI=1S/C23H26N4O2S/c1-15-7-9-20-22(13-16(2)25-23(20)24-15)27-12-11-17-14-19(8-10-21(17)27)30(28,29)26-18-5-3-4-6-18/h7-10,13-14,18,26H,3-6,11-12H2,1-2H3. The van der Waals surface area contributed by atoms with Gasteiger partial charge >= 0.3 is 0 Å². The van der Waals surface area contributed by atoms with E-state index in [4.69, 9.17) is 0 Å². The lowest BCUT2D eigenvalue weighted by atomic mass is 10.1. The van der Waals surface area contributed by atoms with E-state index < -0.39 is 10.0 Å². The molecule has 156 valence electrons. The molecule has 0 radical (unpaired) electrons. The van der Waals surface area contributed by atoms with Crippen LogP contribution in [0.3, 0.4) is 0 Å². The molecule has 1 aliphatic heterocycles. The predicted octanol–water partition coefficient (Wildman–Crippen LogP) is 4.16. The third-order valence-electron chi connectivity index (χ3n) is 6.14. The molecule has 0 spiro atoms. The van der Waals surface area contributed by atoms with Crippen molar-refractivity contribution >= 4 is 32.4 Å². The topological polar surface area (TPSA) is 75.2 Å². The summed E-state index contributed by atoms with van der Waals surface area (Å²) in [6, 6.07) is 11.7. The number of sulfonamides is 1. The Labute approximate surface area is 177 Å². The highest BCUT2D eigenvalue weighted by Gasteiger charge is 2.27. The first-order chi connectivity index (χ1) is 14.4. The minimum absolute atomic E-state index is 0.0712. The lowest BCUT2D eigenvalue weighted by Gasteiger charge is -2.22. The smallest absolute Gasteiger partial charge is 0.240 e. The van der Waals surface area contributed by atoms with Crippen molar-refractivity contribution in [3.05, 3.63) is 53.3 Å². The summed E-state index contributed by atoms with van der Waals surface area (Å²) in [4.78, 5) is 11.8. The van der Waals surface area contributed by atoms with E-state index in [1.54, 1.807) is 6.07 Å². The summed E-state index contributed by atoms with van der Waals surface area (Å²) >= 11 is 0. The Morgan fingerprint density at radius 3 is 2.53 bits per heavy atom. The van der Waals surface area contributed by atoms with Crippen LogP contribution in [0.25, 0.3) is 11.0 Å². The van der Waals surface area contributed by atoms with E-state index in [0.29, 0.717) is 4.90 Å². The van der Waals surface area contributed by atoms with Gasteiger partial charge in [-0.15, -0.1) is 0 Å². The third-order valence-corrected chi connectivity index (χ3v) is 7.66. The number of aromatic nitrogens is 2. The zero-order chi connectivity index (χ0) is 20.9. The fourth-order valence-corrected chi connectivity index (χ4v) is 6.01. The molecule has 0 unspecified atom stereocenters. The van der Waals surface area contributed by atoms with Crippen LogP contribution in [-0.4, -0.2) is 31.0 Å². The Balaban J connectivity index is 1.51. The Morgan fingerprint density at radius 2 is 1.73 bits per heavy atom. The molecule has 0 amide bonds. The highest BCUT2D eigenvalue weighted by Crippen LogP contribution is 2.39. The van der Waals surface area contributed by atoms with Gasteiger partial charge in [0.05, 0.1) is 10.6 Å². The quantitative estimate of drug-likeness (QED) is 0.683. The number of anilines is 2. The van der Waals surface area contributed by atoms with Crippen LogP contribution in [0, 0.1) is 13.8 Å². The highest BCUT2D eigenvalue weighted by atomic mass is 32.2. The molecule has 3 aromatic rings. The molecule has 2 aliphatic rings. The Bertz CT molecular complexity index is 1230. The highest BCUT2D eigenvalue weighted by molar-refractivity contribution is 7.89. The lowest BCUT2D eigenvalue weighted by Crippen LogP contribution is -2.32. The van der Waals surface area contributed by atoms with Gasteiger partial charge in [0.2, 0.25) is 10.0 Å². The molecule has 1 aliphatic carbocycles. The molecule has 30 heavy (non-hydrogen) atoms. The van der Waals surface area contributed by atoms with Crippen LogP contribution in [0.2, 0.25) is 0 Å². The van der Waals surface area contributed by atoms with Crippen LogP contribution in [0.1, 0.15) is 42.6 Å². The maximum atomic E-state index is 12.8. The third kappa shape index (κ3) is 3.46. The molecule has 0 saturated heterocycles. The summed E-state index contributed by atoms with van der Waals surface area (Å²) in [5, 5.41) is 1.01. The molecule has 3 heterocycles. The molecular weight excluding hydrogens is 396 g/mol. The molecule has 7 heteroatoms. The molecule has 0 bridgehead atoms. The van der Waals surface area contributed by atoms with E-state index >= 15 is 0 Å². The molecule has 1 fully saturated rings. The summed E-state index contributed by atoms with van der Waals surface area (Å²) in [6.07, 6.45) is 4.87. The van der Waals surface area contributed by atoms with E-state index in [1.165, 1.54) is 0 Å². The lowest BCUT2D eigenvalue weighted by molar-refractivity contribution is 0.552. The number of aryl methyl sites for hydroxylation is 2. The Kier molecular flexibility index (Phi) is 4.75. The van der Waals surface area contributed by atoms with E-state index in [-0.39, 0.29) is 6.04 Å². The average Bonchev–Trinajstić information content (AvgIpc) is 3.35.